The maximum absolute atomic E-state index is 13.1. The maximum Gasteiger partial charge on any atom is 0.416 e. The SMILES string of the molecule is COc1ccc(C(=O)N(C2CC2)C(C)c2cccc(C(F)(F)F)c2)cc1[N+](=O)[O-]. The number of methoxy groups -OCH3 is 1. The fourth-order valence-corrected chi connectivity index (χ4v) is 3.26. The van der Waals surface area contributed by atoms with Gasteiger partial charge < -0.3 is 9.64 Å². The maximum atomic E-state index is 13.1. The Hall–Kier alpha value is -3.10. The van der Waals surface area contributed by atoms with E-state index in [0.29, 0.717) is 5.56 Å². The second-order valence-electron chi connectivity index (χ2n) is 6.89. The summed E-state index contributed by atoms with van der Waals surface area (Å²) in [6, 6.07) is 8.01. The minimum Gasteiger partial charge on any atom is -0.490 e. The molecule has 29 heavy (non-hydrogen) atoms. The van der Waals surface area contributed by atoms with Crippen molar-refractivity contribution in [2.75, 3.05) is 7.11 Å². The van der Waals surface area contributed by atoms with Crippen LogP contribution in [0.4, 0.5) is 18.9 Å². The highest BCUT2D eigenvalue weighted by atomic mass is 19.4. The van der Waals surface area contributed by atoms with E-state index < -0.39 is 28.6 Å². The molecule has 0 saturated heterocycles. The summed E-state index contributed by atoms with van der Waals surface area (Å²) in [6.45, 7) is 1.66. The molecule has 6 nitrogen and oxygen atoms in total. The number of hydrogen-bond acceptors (Lipinski definition) is 4. The fourth-order valence-electron chi connectivity index (χ4n) is 3.26. The van der Waals surface area contributed by atoms with Gasteiger partial charge >= 0.3 is 11.9 Å². The van der Waals surface area contributed by atoms with Crippen molar-refractivity contribution in [1.29, 1.82) is 0 Å². The number of rotatable bonds is 6. The van der Waals surface area contributed by atoms with E-state index in [1.165, 1.54) is 30.2 Å². The van der Waals surface area contributed by atoms with Gasteiger partial charge in [-0.05, 0) is 49.6 Å². The standard InChI is InChI=1S/C20H19F3N2O4/c1-12(13-4-3-5-15(10-13)20(21,22)23)24(16-7-8-16)19(26)14-6-9-18(29-2)17(11-14)25(27)28/h3-6,9-12,16H,7-8H2,1-2H3. The lowest BCUT2D eigenvalue weighted by molar-refractivity contribution is -0.385. The van der Waals surface area contributed by atoms with E-state index >= 15 is 0 Å². The van der Waals surface area contributed by atoms with E-state index in [1.807, 2.05) is 0 Å². The number of hydrogen-bond donors (Lipinski definition) is 0. The lowest BCUT2D eigenvalue weighted by Gasteiger charge is -2.30. The third-order valence-corrected chi connectivity index (χ3v) is 4.91. The fraction of sp³-hybridized carbons (Fsp3) is 0.350. The minimum atomic E-state index is -4.49. The van der Waals surface area contributed by atoms with Crippen LogP contribution in [0, 0.1) is 10.1 Å². The molecule has 1 amide bonds. The highest BCUT2D eigenvalue weighted by molar-refractivity contribution is 5.96. The Kier molecular flexibility index (Phi) is 5.50. The molecule has 0 bridgehead atoms. The smallest absolute Gasteiger partial charge is 0.416 e. The van der Waals surface area contributed by atoms with Crippen molar-refractivity contribution in [2.24, 2.45) is 0 Å². The average molecular weight is 408 g/mol. The molecule has 0 N–H and O–H groups in total. The molecule has 0 heterocycles. The van der Waals surface area contributed by atoms with Crippen LogP contribution >= 0.6 is 0 Å². The quantitative estimate of drug-likeness (QED) is 0.499. The Morgan fingerprint density at radius 1 is 1.24 bits per heavy atom. The number of carbonyl (C=O) groups is 1. The summed E-state index contributed by atoms with van der Waals surface area (Å²) in [4.78, 5) is 25.2. The number of halogens is 3. The minimum absolute atomic E-state index is 0.0236. The zero-order valence-electron chi connectivity index (χ0n) is 15.8. The third-order valence-electron chi connectivity index (χ3n) is 4.91. The van der Waals surface area contributed by atoms with E-state index in [-0.39, 0.29) is 23.0 Å². The molecular weight excluding hydrogens is 389 g/mol. The van der Waals surface area contributed by atoms with Crippen LogP contribution in [0.1, 0.15) is 47.3 Å². The Bertz CT molecular complexity index is 942. The zero-order valence-corrected chi connectivity index (χ0v) is 15.8. The molecule has 0 radical (unpaired) electrons. The van der Waals surface area contributed by atoms with Gasteiger partial charge in [-0.25, -0.2) is 0 Å². The molecule has 3 rings (SSSR count). The first-order valence-corrected chi connectivity index (χ1v) is 8.95. The van der Waals surface area contributed by atoms with E-state index in [1.54, 1.807) is 13.0 Å². The molecule has 154 valence electrons. The second kappa shape index (κ2) is 7.73. The largest absolute Gasteiger partial charge is 0.490 e. The summed E-state index contributed by atoms with van der Waals surface area (Å²) in [5.41, 5.74) is -0.697. The molecule has 0 spiro atoms. The van der Waals surface area contributed by atoms with Crippen molar-refractivity contribution in [3.05, 3.63) is 69.3 Å². The van der Waals surface area contributed by atoms with Gasteiger partial charge in [0.25, 0.3) is 5.91 Å². The molecule has 0 aliphatic heterocycles. The van der Waals surface area contributed by atoms with Crippen molar-refractivity contribution in [3.8, 4) is 5.75 Å². The van der Waals surface area contributed by atoms with Crippen LogP contribution in [-0.4, -0.2) is 28.9 Å². The Morgan fingerprint density at radius 2 is 1.93 bits per heavy atom. The average Bonchev–Trinajstić information content (AvgIpc) is 3.51. The topological polar surface area (TPSA) is 72.7 Å². The van der Waals surface area contributed by atoms with Crippen molar-refractivity contribution >= 4 is 11.6 Å². The predicted molar refractivity (Wildman–Crippen MR) is 98.7 cm³/mol. The first-order chi connectivity index (χ1) is 13.6. The molecule has 1 fully saturated rings. The zero-order chi connectivity index (χ0) is 21.3. The molecule has 1 unspecified atom stereocenters. The molecule has 1 aliphatic carbocycles. The van der Waals surface area contributed by atoms with Gasteiger partial charge in [0.2, 0.25) is 0 Å². The van der Waals surface area contributed by atoms with Gasteiger partial charge in [0.1, 0.15) is 0 Å². The van der Waals surface area contributed by atoms with Crippen LogP contribution in [0.3, 0.4) is 0 Å². The van der Waals surface area contributed by atoms with E-state index in [9.17, 15) is 28.1 Å². The Labute approximate surface area is 165 Å². The van der Waals surface area contributed by atoms with E-state index in [2.05, 4.69) is 0 Å². The summed E-state index contributed by atoms with van der Waals surface area (Å²) >= 11 is 0. The first kappa shape index (κ1) is 20.6. The summed E-state index contributed by atoms with van der Waals surface area (Å²) in [6.07, 6.45) is -3.03. The number of nitro benzene ring substituents is 1. The van der Waals surface area contributed by atoms with Crippen molar-refractivity contribution in [2.45, 2.75) is 38.0 Å². The van der Waals surface area contributed by atoms with E-state index in [0.717, 1.165) is 31.0 Å². The number of alkyl halides is 3. The first-order valence-electron chi connectivity index (χ1n) is 8.95. The van der Waals surface area contributed by atoms with Crippen LogP contribution in [0.2, 0.25) is 0 Å². The summed E-state index contributed by atoms with van der Waals surface area (Å²) in [5.74, 6) is -0.446. The monoisotopic (exact) mass is 408 g/mol. The predicted octanol–water partition coefficient (Wildman–Crippen LogP) is 4.99. The molecule has 2 aromatic carbocycles. The lowest BCUT2D eigenvalue weighted by atomic mass is 10.0. The number of nitro groups is 1. The van der Waals surface area contributed by atoms with Crippen LogP contribution in [0.25, 0.3) is 0 Å². The van der Waals surface area contributed by atoms with Gasteiger partial charge in [-0.1, -0.05) is 12.1 Å². The summed E-state index contributed by atoms with van der Waals surface area (Å²) < 4.78 is 44.1. The molecule has 1 saturated carbocycles. The van der Waals surface area contributed by atoms with Crippen LogP contribution < -0.4 is 4.74 Å². The molecular formula is C20H19F3N2O4. The molecule has 2 aromatic rings. The molecule has 9 heteroatoms. The van der Waals surface area contributed by atoms with Gasteiger partial charge in [-0.15, -0.1) is 0 Å². The van der Waals surface area contributed by atoms with Gasteiger partial charge in [0.05, 0.1) is 23.6 Å². The van der Waals surface area contributed by atoms with Crippen molar-refractivity contribution in [1.82, 2.24) is 4.90 Å². The van der Waals surface area contributed by atoms with Gasteiger partial charge in [-0.2, -0.15) is 13.2 Å². The second-order valence-corrected chi connectivity index (χ2v) is 6.89. The number of benzene rings is 2. The Balaban J connectivity index is 1.96. The molecule has 0 aromatic heterocycles. The lowest BCUT2D eigenvalue weighted by Crippen LogP contribution is -2.35. The van der Waals surface area contributed by atoms with Crippen LogP contribution in [-0.2, 0) is 6.18 Å². The van der Waals surface area contributed by atoms with Gasteiger partial charge in [0.15, 0.2) is 5.75 Å². The number of amides is 1. The third kappa shape index (κ3) is 4.33. The number of carbonyl (C=O) groups excluding carboxylic acids is 1. The van der Waals surface area contributed by atoms with Crippen molar-refractivity contribution < 1.29 is 27.6 Å². The molecule has 1 atom stereocenters. The highest BCUT2D eigenvalue weighted by Gasteiger charge is 2.38. The summed E-state index contributed by atoms with van der Waals surface area (Å²) in [7, 11) is 1.29. The van der Waals surface area contributed by atoms with E-state index in [4.69, 9.17) is 4.74 Å². The number of nitrogens with zero attached hydrogens (tertiary/aromatic N) is 2. The normalized spacial score (nSPS) is 14.9. The molecule has 1 aliphatic rings. The summed E-state index contributed by atoms with van der Waals surface area (Å²) in [5, 5.41) is 11.3. The van der Waals surface area contributed by atoms with Crippen LogP contribution in [0.15, 0.2) is 42.5 Å². The number of ether oxygens (including phenoxy) is 1. The van der Waals surface area contributed by atoms with Gasteiger partial charge in [0, 0.05) is 17.7 Å². The highest BCUT2D eigenvalue weighted by Crippen LogP contribution is 2.38. The van der Waals surface area contributed by atoms with Crippen LogP contribution in [0.5, 0.6) is 5.75 Å². The Morgan fingerprint density at radius 3 is 2.48 bits per heavy atom. The van der Waals surface area contributed by atoms with Crippen molar-refractivity contribution in [3.63, 3.8) is 0 Å². The van der Waals surface area contributed by atoms with Gasteiger partial charge in [-0.3, -0.25) is 14.9 Å².